The second-order valence-electron chi connectivity index (χ2n) is 4.70. The van der Waals surface area contributed by atoms with E-state index in [1.54, 1.807) is 0 Å². The third-order valence-corrected chi connectivity index (χ3v) is 3.30. The lowest BCUT2D eigenvalue weighted by Crippen LogP contribution is -2.24. The molecule has 1 aromatic rings. The molecule has 18 heavy (non-hydrogen) atoms. The number of ether oxygens (including phenoxy) is 1. The Morgan fingerprint density at radius 3 is 2.78 bits per heavy atom. The van der Waals surface area contributed by atoms with Gasteiger partial charge in [0.25, 0.3) is 0 Å². The van der Waals surface area contributed by atoms with Crippen molar-refractivity contribution in [1.29, 1.82) is 0 Å². The Morgan fingerprint density at radius 2 is 2.06 bits per heavy atom. The molecule has 1 atom stereocenters. The summed E-state index contributed by atoms with van der Waals surface area (Å²) in [5.74, 6) is 0.869. The van der Waals surface area contributed by atoms with Gasteiger partial charge in [-0.05, 0) is 25.8 Å². The van der Waals surface area contributed by atoms with Crippen LogP contribution in [-0.4, -0.2) is 47.2 Å². The van der Waals surface area contributed by atoms with Gasteiger partial charge in [0.15, 0.2) is 0 Å². The molecule has 2 aliphatic heterocycles. The summed E-state index contributed by atoms with van der Waals surface area (Å²) in [7, 11) is 0. The zero-order chi connectivity index (χ0) is 12.4. The lowest BCUT2D eigenvalue weighted by molar-refractivity contribution is 0.204. The first-order valence-electron chi connectivity index (χ1n) is 6.45. The zero-order valence-electron chi connectivity index (χ0n) is 10.3. The van der Waals surface area contributed by atoms with Crippen LogP contribution >= 0.6 is 0 Å². The molecule has 3 rings (SSSR count). The fourth-order valence-corrected chi connectivity index (χ4v) is 2.35. The molecule has 7 nitrogen and oxygen atoms in total. The summed E-state index contributed by atoms with van der Waals surface area (Å²) in [4.78, 5) is 14.7. The van der Waals surface area contributed by atoms with E-state index in [1.165, 1.54) is 12.8 Å². The molecule has 3 N–H and O–H groups in total. The number of nitrogens with zero attached hydrogens (tertiary/aromatic N) is 4. The maximum atomic E-state index is 5.72. The second-order valence-corrected chi connectivity index (χ2v) is 4.70. The van der Waals surface area contributed by atoms with Crippen molar-refractivity contribution in [3.8, 4) is 6.01 Å². The predicted molar refractivity (Wildman–Crippen MR) is 67.6 cm³/mol. The average molecular weight is 250 g/mol. The highest BCUT2D eigenvalue weighted by atomic mass is 16.5. The van der Waals surface area contributed by atoms with E-state index in [0.29, 0.717) is 12.0 Å². The lowest BCUT2D eigenvalue weighted by Gasteiger charge is -2.16. The number of nitrogens with one attached hydrogen (secondary N) is 1. The maximum Gasteiger partial charge on any atom is 0.323 e. The van der Waals surface area contributed by atoms with Gasteiger partial charge in [-0.1, -0.05) is 0 Å². The summed E-state index contributed by atoms with van der Waals surface area (Å²) in [5, 5.41) is 3.24. The number of hydrogen-bond acceptors (Lipinski definition) is 7. The third-order valence-electron chi connectivity index (χ3n) is 3.30. The summed E-state index contributed by atoms with van der Waals surface area (Å²) in [5.41, 5.74) is 5.72. The topological polar surface area (TPSA) is 89.2 Å². The minimum absolute atomic E-state index is 0.137. The van der Waals surface area contributed by atoms with Gasteiger partial charge in [0.05, 0.1) is 0 Å². The summed E-state index contributed by atoms with van der Waals surface area (Å²) >= 11 is 0. The minimum atomic E-state index is 0.137. The van der Waals surface area contributed by atoms with E-state index in [4.69, 9.17) is 10.5 Å². The fourth-order valence-electron chi connectivity index (χ4n) is 2.35. The zero-order valence-corrected chi connectivity index (χ0v) is 10.3. The van der Waals surface area contributed by atoms with Crippen LogP contribution in [0.1, 0.15) is 19.3 Å². The van der Waals surface area contributed by atoms with Crippen molar-refractivity contribution < 1.29 is 4.74 Å². The number of anilines is 2. The molecule has 1 unspecified atom stereocenters. The van der Waals surface area contributed by atoms with Crippen LogP contribution in [0, 0.1) is 0 Å². The highest BCUT2D eigenvalue weighted by Crippen LogP contribution is 2.19. The fraction of sp³-hybridized carbons (Fsp3) is 0.727. The van der Waals surface area contributed by atoms with E-state index < -0.39 is 0 Å². The quantitative estimate of drug-likeness (QED) is 0.767. The van der Waals surface area contributed by atoms with Gasteiger partial charge in [0.2, 0.25) is 11.9 Å². The summed E-state index contributed by atoms with van der Waals surface area (Å²) in [6.07, 6.45) is 3.46. The molecular formula is C11H18N6O. The Morgan fingerprint density at radius 1 is 1.22 bits per heavy atom. The van der Waals surface area contributed by atoms with Gasteiger partial charge in [-0.2, -0.15) is 15.0 Å². The number of nitrogen functional groups attached to an aromatic ring is 1. The Bertz CT molecular complexity index is 414. The van der Waals surface area contributed by atoms with Crippen molar-refractivity contribution >= 4 is 11.9 Å². The molecule has 7 heteroatoms. The molecule has 0 spiro atoms. The van der Waals surface area contributed by atoms with E-state index in [2.05, 4.69) is 25.2 Å². The van der Waals surface area contributed by atoms with E-state index in [0.717, 1.165) is 32.6 Å². The molecule has 0 aliphatic carbocycles. The Kier molecular flexibility index (Phi) is 3.14. The van der Waals surface area contributed by atoms with E-state index in [1.807, 2.05) is 0 Å². The van der Waals surface area contributed by atoms with Crippen LogP contribution < -0.4 is 20.7 Å². The molecule has 0 radical (unpaired) electrons. The first kappa shape index (κ1) is 11.5. The second kappa shape index (κ2) is 4.93. The summed E-state index contributed by atoms with van der Waals surface area (Å²) < 4.78 is 5.72. The van der Waals surface area contributed by atoms with Crippen molar-refractivity contribution in [2.75, 3.05) is 36.8 Å². The lowest BCUT2D eigenvalue weighted by atomic mass is 10.3. The Hall–Kier alpha value is -1.63. The molecule has 1 aromatic heterocycles. The molecule has 98 valence electrons. The SMILES string of the molecule is Nc1nc(OC2CCNC2)nc(N2CCCC2)n1. The van der Waals surface area contributed by atoms with Gasteiger partial charge in [0, 0.05) is 19.6 Å². The number of nitrogens with two attached hydrogens (primary N) is 1. The van der Waals surface area contributed by atoms with Crippen LogP contribution in [0.25, 0.3) is 0 Å². The highest BCUT2D eigenvalue weighted by molar-refractivity contribution is 5.36. The number of aromatic nitrogens is 3. The van der Waals surface area contributed by atoms with Crippen molar-refractivity contribution in [3.05, 3.63) is 0 Å². The molecule has 0 aromatic carbocycles. The van der Waals surface area contributed by atoms with Gasteiger partial charge >= 0.3 is 6.01 Å². The van der Waals surface area contributed by atoms with Crippen molar-refractivity contribution in [3.63, 3.8) is 0 Å². The van der Waals surface area contributed by atoms with Crippen LogP contribution in [0.5, 0.6) is 6.01 Å². The number of rotatable bonds is 3. The minimum Gasteiger partial charge on any atom is -0.459 e. The molecule has 2 fully saturated rings. The molecule has 0 bridgehead atoms. The van der Waals surface area contributed by atoms with Crippen LogP contribution in [0.2, 0.25) is 0 Å². The smallest absolute Gasteiger partial charge is 0.323 e. The van der Waals surface area contributed by atoms with E-state index in [9.17, 15) is 0 Å². The average Bonchev–Trinajstić information content (AvgIpc) is 3.00. The highest BCUT2D eigenvalue weighted by Gasteiger charge is 2.20. The monoisotopic (exact) mass is 250 g/mol. The van der Waals surface area contributed by atoms with Gasteiger partial charge in [0.1, 0.15) is 6.10 Å². The third kappa shape index (κ3) is 2.45. The van der Waals surface area contributed by atoms with Crippen molar-refractivity contribution in [2.45, 2.75) is 25.4 Å². The maximum absolute atomic E-state index is 5.72. The molecular weight excluding hydrogens is 232 g/mol. The Labute approximate surface area is 106 Å². The normalized spacial score (nSPS) is 23.6. The molecule has 0 amide bonds. The molecule has 2 saturated heterocycles. The van der Waals surface area contributed by atoms with Crippen LogP contribution in [-0.2, 0) is 0 Å². The van der Waals surface area contributed by atoms with Crippen molar-refractivity contribution in [2.24, 2.45) is 0 Å². The first-order valence-corrected chi connectivity index (χ1v) is 6.45. The van der Waals surface area contributed by atoms with Gasteiger partial charge in [-0.15, -0.1) is 0 Å². The van der Waals surface area contributed by atoms with Crippen LogP contribution in [0.15, 0.2) is 0 Å². The van der Waals surface area contributed by atoms with E-state index >= 15 is 0 Å². The van der Waals surface area contributed by atoms with Crippen molar-refractivity contribution in [1.82, 2.24) is 20.3 Å². The van der Waals surface area contributed by atoms with Crippen LogP contribution in [0.4, 0.5) is 11.9 Å². The summed E-state index contributed by atoms with van der Waals surface area (Å²) in [6, 6.07) is 0.345. The largest absolute Gasteiger partial charge is 0.459 e. The standard InChI is InChI=1S/C11H18N6O/c12-9-14-10(17-5-1-2-6-17)16-11(15-9)18-8-3-4-13-7-8/h8,13H,1-7H2,(H2,12,14,15,16). The summed E-state index contributed by atoms with van der Waals surface area (Å²) in [6.45, 7) is 3.77. The molecule has 2 aliphatic rings. The molecule has 3 heterocycles. The van der Waals surface area contributed by atoms with E-state index in [-0.39, 0.29) is 12.1 Å². The van der Waals surface area contributed by atoms with Crippen LogP contribution in [0.3, 0.4) is 0 Å². The van der Waals surface area contributed by atoms with Gasteiger partial charge < -0.3 is 20.7 Å². The van der Waals surface area contributed by atoms with Gasteiger partial charge in [-0.25, -0.2) is 0 Å². The Balaban J connectivity index is 1.76. The van der Waals surface area contributed by atoms with Gasteiger partial charge in [-0.3, -0.25) is 0 Å². The molecule has 0 saturated carbocycles. The number of hydrogen-bond donors (Lipinski definition) is 2. The first-order chi connectivity index (χ1) is 8.81. The predicted octanol–water partition coefficient (Wildman–Crippen LogP) is -0.205.